The van der Waals surface area contributed by atoms with Crippen LogP contribution in [0.25, 0.3) is 0 Å². The molecule has 0 atom stereocenters. The average Bonchev–Trinajstić information content (AvgIpc) is 2.67. The highest BCUT2D eigenvalue weighted by molar-refractivity contribution is 7.80. The van der Waals surface area contributed by atoms with E-state index in [-0.39, 0.29) is 17.8 Å². The van der Waals surface area contributed by atoms with E-state index in [1.165, 1.54) is 31.4 Å². The number of piperidine rings is 1. The Balaban J connectivity index is 1.87. The van der Waals surface area contributed by atoms with Gasteiger partial charge in [0.25, 0.3) is 5.91 Å². The van der Waals surface area contributed by atoms with Crippen molar-refractivity contribution in [3.63, 3.8) is 0 Å². The predicted molar refractivity (Wildman–Crippen MR) is 98.8 cm³/mol. The van der Waals surface area contributed by atoms with Crippen molar-refractivity contribution < 1.29 is 23.9 Å². The zero-order valence-corrected chi connectivity index (χ0v) is 15.6. The third-order valence-corrected chi connectivity index (χ3v) is 4.55. The van der Waals surface area contributed by atoms with Crippen LogP contribution in [0.4, 0.5) is 0 Å². The van der Waals surface area contributed by atoms with Gasteiger partial charge in [-0.1, -0.05) is 0 Å². The maximum atomic E-state index is 12.3. The molecule has 26 heavy (non-hydrogen) atoms. The van der Waals surface area contributed by atoms with Crippen molar-refractivity contribution in [3.8, 4) is 0 Å². The standard InChI is InChI=1S/C18H22N2O5S/c1-3-25-17(23)14-8-10-20(11-9-14)18(26)19-15(21)12-4-6-13(7-5-12)16(22)24-2/h4-7,14H,3,8-11H2,1-2H3,(H,19,21,26). The van der Waals surface area contributed by atoms with Gasteiger partial charge in [-0.15, -0.1) is 0 Å². The summed E-state index contributed by atoms with van der Waals surface area (Å²) >= 11 is 5.30. The van der Waals surface area contributed by atoms with Gasteiger partial charge in [0.05, 0.1) is 25.2 Å². The summed E-state index contributed by atoms with van der Waals surface area (Å²) in [5.74, 6) is -1.10. The van der Waals surface area contributed by atoms with Gasteiger partial charge >= 0.3 is 11.9 Å². The molecule has 0 bridgehead atoms. The van der Waals surface area contributed by atoms with Crippen LogP contribution in [0.2, 0.25) is 0 Å². The summed E-state index contributed by atoms with van der Waals surface area (Å²) in [6.45, 7) is 3.34. The molecule has 0 radical (unpaired) electrons. The zero-order chi connectivity index (χ0) is 19.1. The van der Waals surface area contributed by atoms with Gasteiger partial charge in [0.15, 0.2) is 5.11 Å². The van der Waals surface area contributed by atoms with Crippen molar-refractivity contribution >= 4 is 35.2 Å². The summed E-state index contributed by atoms with van der Waals surface area (Å²) in [5, 5.41) is 3.01. The molecule has 0 aromatic heterocycles. The second kappa shape index (κ2) is 9.28. The Morgan fingerprint density at radius 3 is 2.27 bits per heavy atom. The monoisotopic (exact) mass is 378 g/mol. The molecule has 1 N–H and O–H groups in total. The lowest BCUT2D eigenvalue weighted by Crippen LogP contribution is -2.47. The molecule has 1 aromatic rings. The summed E-state index contributed by atoms with van der Waals surface area (Å²) in [7, 11) is 1.30. The molecule has 0 spiro atoms. The Kier molecular flexibility index (Phi) is 7.08. The van der Waals surface area contributed by atoms with Crippen molar-refractivity contribution in [2.75, 3.05) is 26.8 Å². The van der Waals surface area contributed by atoms with Crippen LogP contribution in [0, 0.1) is 5.92 Å². The normalized spacial score (nSPS) is 14.5. The summed E-state index contributed by atoms with van der Waals surface area (Å²) < 4.78 is 9.66. The van der Waals surface area contributed by atoms with E-state index in [1.54, 1.807) is 6.92 Å². The third kappa shape index (κ3) is 5.01. The SMILES string of the molecule is CCOC(=O)C1CCN(C(=S)NC(=O)c2ccc(C(=O)OC)cc2)CC1. The molecule has 0 saturated carbocycles. The highest BCUT2D eigenvalue weighted by atomic mass is 32.1. The second-order valence-corrected chi connectivity index (χ2v) is 6.23. The van der Waals surface area contributed by atoms with Crippen LogP contribution in [-0.4, -0.2) is 54.7 Å². The van der Waals surface area contributed by atoms with Gasteiger partial charge in [0, 0.05) is 18.7 Å². The number of hydrogen-bond acceptors (Lipinski definition) is 6. The molecule has 1 heterocycles. The van der Waals surface area contributed by atoms with E-state index in [0.29, 0.717) is 48.8 Å². The zero-order valence-electron chi connectivity index (χ0n) is 14.8. The molecular formula is C18H22N2O5S. The van der Waals surface area contributed by atoms with Crippen LogP contribution in [0.3, 0.4) is 0 Å². The predicted octanol–water partition coefficient (Wildman–Crippen LogP) is 1.76. The van der Waals surface area contributed by atoms with E-state index in [1.807, 2.05) is 4.90 Å². The van der Waals surface area contributed by atoms with Crippen molar-refractivity contribution in [3.05, 3.63) is 35.4 Å². The highest BCUT2D eigenvalue weighted by Gasteiger charge is 2.27. The maximum Gasteiger partial charge on any atom is 0.337 e. The number of methoxy groups -OCH3 is 1. The Bertz CT molecular complexity index is 681. The van der Waals surface area contributed by atoms with Gasteiger partial charge < -0.3 is 14.4 Å². The van der Waals surface area contributed by atoms with E-state index < -0.39 is 5.97 Å². The number of hydrogen-bond donors (Lipinski definition) is 1. The lowest BCUT2D eigenvalue weighted by molar-refractivity contribution is -0.149. The fourth-order valence-electron chi connectivity index (χ4n) is 2.70. The number of amides is 1. The maximum absolute atomic E-state index is 12.3. The Morgan fingerprint density at radius 2 is 1.73 bits per heavy atom. The van der Waals surface area contributed by atoms with Gasteiger partial charge in [-0.3, -0.25) is 14.9 Å². The molecule has 1 amide bonds. The molecule has 1 saturated heterocycles. The number of likely N-dealkylation sites (tertiary alicyclic amines) is 1. The Morgan fingerprint density at radius 1 is 1.15 bits per heavy atom. The minimum atomic E-state index is -0.461. The molecule has 140 valence electrons. The van der Waals surface area contributed by atoms with Crippen molar-refractivity contribution in [2.24, 2.45) is 5.92 Å². The minimum Gasteiger partial charge on any atom is -0.466 e. The summed E-state index contributed by atoms with van der Waals surface area (Å²) in [6, 6.07) is 6.12. The fraction of sp³-hybridized carbons (Fsp3) is 0.444. The lowest BCUT2D eigenvalue weighted by Gasteiger charge is -2.32. The first-order valence-corrected chi connectivity index (χ1v) is 8.82. The number of nitrogens with one attached hydrogen (secondary N) is 1. The lowest BCUT2D eigenvalue weighted by atomic mass is 9.97. The van der Waals surface area contributed by atoms with E-state index in [4.69, 9.17) is 17.0 Å². The number of benzene rings is 1. The summed E-state index contributed by atoms with van der Waals surface area (Å²) in [6.07, 6.45) is 1.28. The number of rotatable bonds is 4. The van der Waals surface area contributed by atoms with E-state index in [0.717, 1.165) is 0 Å². The van der Waals surface area contributed by atoms with Gasteiger partial charge in [-0.2, -0.15) is 0 Å². The molecule has 7 nitrogen and oxygen atoms in total. The van der Waals surface area contributed by atoms with Crippen LogP contribution in [-0.2, 0) is 14.3 Å². The third-order valence-electron chi connectivity index (χ3n) is 4.19. The van der Waals surface area contributed by atoms with Crippen molar-refractivity contribution in [2.45, 2.75) is 19.8 Å². The topological polar surface area (TPSA) is 84.9 Å². The van der Waals surface area contributed by atoms with Crippen LogP contribution in [0.5, 0.6) is 0 Å². The van der Waals surface area contributed by atoms with Gasteiger partial charge in [0.1, 0.15) is 0 Å². The Hall–Kier alpha value is -2.48. The molecule has 1 fully saturated rings. The number of carbonyl (C=O) groups excluding carboxylic acids is 3. The van der Waals surface area contributed by atoms with E-state index in [9.17, 15) is 14.4 Å². The number of nitrogens with zero attached hydrogens (tertiary/aromatic N) is 1. The Labute approximate surface area is 157 Å². The van der Waals surface area contributed by atoms with Crippen LogP contribution in [0.1, 0.15) is 40.5 Å². The summed E-state index contributed by atoms with van der Waals surface area (Å²) in [5.41, 5.74) is 0.758. The van der Waals surface area contributed by atoms with Crippen molar-refractivity contribution in [1.29, 1.82) is 0 Å². The number of esters is 2. The first kappa shape index (κ1) is 19.8. The second-order valence-electron chi connectivity index (χ2n) is 5.84. The van der Waals surface area contributed by atoms with Gasteiger partial charge in [-0.05, 0) is 56.2 Å². The first-order valence-electron chi connectivity index (χ1n) is 8.41. The number of carbonyl (C=O) groups is 3. The molecule has 0 aliphatic carbocycles. The van der Waals surface area contributed by atoms with Gasteiger partial charge in [0.2, 0.25) is 0 Å². The molecular weight excluding hydrogens is 356 g/mol. The largest absolute Gasteiger partial charge is 0.466 e. The first-order chi connectivity index (χ1) is 12.5. The van der Waals surface area contributed by atoms with E-state index in [2.05, 4.69) is 10.1 Å². The van der Waals surface area contributed by atoms with Crippen LogP contribution >= 0.6 is 12.2 Å². The highest BCUT2D eigenvalue weighted by Crippen LogP contribution is 2.19. The average molecular weight is 378 g/mol. The van der Waals surface area contributed by atoms with E-state index >= 15 is 0 Å². The molecule has 1 aliphatic rings. The molecule has 1 aliphatic heterocycles. The molecule has 0 unspecified atom stereocenters. The molecule has 8 heteroatoms. The van der Waals surface area contributed by atoms with Crippen molar-refractivity contribution in [1.82, 2.24) is 10.2 Å². The minimum absolute atomic E-state index is 0.115. The quantitative estimate of drug-likeness (QED) is 0.631. The molecule has 1 aromatic carbocycles. The van der Waals surface area contributed by atoms with Gasteiger partial charge in [-0.25, -0.2) is 4.79 Å². The number of ether oxygens (including phenoxy) is 2. The van der Waals surface area contributed by atoms with Crippen LogP contribution < -0.4 is 5.32 Å². The molecule has 2 rings (SSSR count). The number of thiocarbonyl (C=S) groups is 1. The smallest absolute Gasteiger partial charge is 0.337 e. The van der Waals surface area contributed by atoms with Crippen LogP contribution in [0.15, 0.2) is 24.3 Å². The fourth-order valence-corrected chi connectivity index (χ4v) is 2.98. The summed E-state index contributed by atoms with van der Waals surface area (Å²) in [4.78, 5) is 37.3.